The Morgan fingerprint density at radius 1 is 1.25 bits per heavy atom. The van der Waals surface area contributed by atoms with Crippen molar-refractivity contribution in [3.05, 3.63) is 0 Å². The Labute approximate surface area is 122 Å². The molecule has 6 heteroatoms. The van der Waals surface area contributed by atoms with Gasteiger partial charge in [-0.2, -0.15) is 0 Å². The summed E-state index contributed by atoms with van der Waals surface area (Å²) in [4.78, 5) is 16.2. The minimum Gasteiger partial charge on any atom is -0.382 e. The fourth-order valence-electron chi connectivity index (χ4n) is 2.51. The Hall–Kier alpha value is -0.690. The molecule has 0 aromatic heterocycles. The third kappa shape index (κ3) is 5.75. The molecule has 1 aliphatic rings. The first kappa shape index (κ1) is 17.4. The zero-order valence-corrected chi connectivity index (χ0v) is 12.8. The number of hydrogen-bond donors (Lipinski definition) is 1. The summed E-state index contributed by atoms with van der Waals surface area (Å²) in [6.07, 6.45) is 2.28. The molecule has 1 aliphatic heterocycles. The van der Waals surface area contributed by atoms with Crippen LogP contribution in [-0.2, 0) is 14.3 Å². The van der Waals surface area contributed by atoms with Gasteiger partial charge in [0.1, 0.15) is 6.61 Å². The normalized spacial score (nSPS) is 18.2. The summed E-state index contributed by atoms with van der Waals surface area (Å²) >= 11 is 0. The van der Waals surface area contributed by atoms with E-state index in [2.05, 4.69) is 11.8 Å². The first-order valence-electron chi connectivity index (χ1n) is 7.51. The van der Waals surface area contributed by atoms with Crippen molar-refractivity contribution in [1.82, 2.24) is 9.80 Å². The Morgan fingerprint density at radius 2 is 1.95 bits per heavy atom. The van der Waals surface area contributed by atoms with E-state index in [1.807, 2.05) is 4.90 Å². The molecule has 1 rings (SSSR count). The molecule has 0 saturated carbocycles. The number of carbonyl (C=O) groups excluding carboxylic acids is 1. The molecule has 6 nitrogen and oxygen atoms in total. The third-order valence-electron chi connectivity index (χ3n) is 3.73. The van der Waals surface area contributed by atoms with Crippen LogP contribution in [0.5, 0.6) is 0 Å². The van der Waals surface area contributed by atoms with E-state index in [0.717, 1.165) is 39.0 Å². The van der Waals surface area contributed by atoms with Gasteiger partial charge in [0, 0.05) is 45.9 Å². The number of rotatable bonds is 9. The highest BCUT2D eigenvalue weighted by atomic mass is 16.5. The molecule has 1 heterocycles. The van der Waals surface area contributed by atoms with Gasteiger partial charge < -0.3 is 20.1 Å². The van der Waals surface area contributed by atoms with Crippen molar-refractivity contribution < 1.29 is 14.3 Å². The van der Waals surface area contributed by atoms with E-state index in [0.29, 0.717) is 25.8 Å². The first-order chi connectivity index (χ1) is 9.72. The van der Waals surface area contributed by atoms with Gasteiger partial charge >= 0.3 is 0 Å². The number of nitrogens with zero attached hydrogens (tertiary/aromatic N) is 2. The molecule has 118 valence electrons. The fraction of sp³-hybridized carbons (Fsp3) is 0.929. The van der Waals surface area contributed by atoms with E-state index >= 15 is 0 Å². The number of piperazine rings is 1. The summed E-state index contributed by atoms with van der Waals surface area (Å²) in [5.74, 6) is 0.0699. The number of methoxy groups -OCH3 is 1. The number of carbonyl (C=O) groups is 1. The monoisotopic (exact) mass is 287 g/mol. The standard InChI is InChI=1S/C14H29N3O3/c1-3-4-13(11-15)16-5-7-17(8-6-16)14(18)12-20-10-9-19-2/h13H,3-12,15H2,1-2H3. The average Bonchev–Trinajstić information content (AvgIpc) is 2.49. The minimum atomic E-state index is 0.0699. The third-order valence-corrected chi connectivity index (χ3v) is 3.73. The van der Waals surface area contributed by atoms with Crippen molar-refractivity contribution in [3.8, 4) is 0 Å². The molecule has 1 fully saturated rings. The molecular weight excluding hydrogens is 258 g/mol. The molecule has 0 radical (unpaired) electrons. The largest absolute Gasteiger partial charge is 0.382 e. The van der Waals surface area contributed by atoms with Gasteiger partial charge in [0.05, 0.1) is 13.2 Å². The van der Waals surface area contributed by atoms with Gasteiger partial charge in [-0.3, -0.25) is 9.69 Å². The molecule has 0 aliphatic carbocycles. The molecule has 0 bridgehead atoms. The van der Waals surface area contributed by atoms with Crippen LogP contribution in [0.4, 0.5) is 0 Å². The molecule has 20 heavy (non-hydrogen) atoms. The van der Waals surface area contributed by atoms with Gasteiger partial charge in [0.15, 0.2) is 0 Å². The summed E-state index contributed by atoms with van der Waals surface area (Å²) < 4.78 is 10.1. The summed E-state index contributed by atoms with van der Waals surface area (Å²) in [5.41, 5.74) is 5.82. The molecule has 1 amide bonds. The molecule has 0 aromatic carbocycles. The van der Waals surface area contributed by atoms with E-state index in [9.17, 15) is 4.79 Å². The van der Waals surface area contributed by atoms with Crippen molar-refractivity contribution in [3.63, 3.8) is 0 Å². The lowest BCUT2D eigenvalue weighted by Gasteiger charge is -2.39. The van der Waals surface area contributed by atoms with Crippen LogP contribution in [0.1, 0.15) is 19.8 Å². The minimum absolute atomic E-state index is 0.0699. The predicted octanol–water partition coefficient (Wildman–Crippen LogP) is -0.0790. The maximum absolute atomic E-state index is 11.9. The van der Waals surface area contributed by atoms with Gasteiger partial charge in [0.2, 0.25) is 5.91 Å². The molecule has 1 saturated heterocycles. The Bertz CT molecular complexity index is 268. The first-order valence-corrected chi connectivity index (χ1v) is 7.51. The van der Waals surface area contributed by atoms with Gasteiger partial charge in [-0.15, -0.1) is 0 Å². The summed E-state index contributed by atoms with van der Waals surface area (Å²) in [7, 11) is 1.62. The van der Waals surface area contributed by atoms with Gasteiger partial charge in [0.25, 0.3) is 0 Å². The second-order valence-corrected chi connectivity index (χ2v) is 5.14. The number of ether oxygens (including phenoxy) is 2. The van der Waals surface area contributed by atoms with Crippen LogP contribution in [0.25, 0.3) is 0 Å². The van der Waals surface area contributed by atoms with Crippen LogP contribution in [0.3, 0.4) is 0 Å². The van der Waals surface area contributed by atoms with E-state index in [1.54, 1.807) is 7.11 Å². The van der Waals surface area contributed by atoms with Gasteiger partial charge in [-0.25, -0.2) is 0 Å². The number of amides is 1. The molecule has 0 aromatic rings. The predicted molar refractivity (Wildman–Crippen MR) is 78.6 cm³/mol. The van der Waals surface area contributed by atoms with Crippen molar-refractivity contribution in [2.24, 2.45) is 5.73 Å². The maximum atomic E-state index is 11.9. The van der Waals surface area contributed by atoms with Crippen molar-refractivity contribution in [2.45, 2.75) is 25.8 Å². The molecule has 0 spiro atoms. The lowest BCUT2D eigenvalue weighted by atomic mass is 10.1. The van der Waals surface area contributed by atoms with Crippen molar-refractivity contribution in [1.29, 1.82) is 0 Å². The van der Waals surface area contributed by atoms with Gasteiger partial charge in [-0.05, 0) is 6.42 Å². The van der Waals surface area contributed by atoms with Crippen LogP contribution in [0.15, 0.2) is 0 Å². The molecular formula is C14H29N3O3. The second-order valence-electron chi connectivity index (χ2n) is 5.14. The van der Waals surface area contributed by atoms with Gasteiger partial charge in [-0.1, -0.05) is 13.3 Å². The maximum Gasteiger partial charge on any atom is 0.248 e. The van der Waals surface area contributed by atoms with E-state index in [1.165, 1.54) is 0 Å². The van der Waals surface area contributed by atoms with Crippen LogP contribution in [0, 0.1) is 0 Å². The second kappa shape index (κ2) is 10.1. The molecule has 2 N–H and O–H groups in total. The number of hydrogen-bond acceptors (Lipinski definition) is 5. The zero-order chi connectivity index (χ0) is 14.8. The van der Waals surface area contributed by atoms with Crippen LogP contribution in [0.2, 0.25) is 0 Å². The smallest absolute Gasteiger partial charge is 0.248 e. The SMILES string of the molecule is CCCC(CN)N1CCN(C(=O)COCCOC)CC1. The molecule has 1 atom stereocenters. The average molecular weight is 287 g/mol. The zero-order valence-electron chi connectivity index (χ0n) is 12.8. The van der Waals surface area contributed by atoms with E-state index < -0.39 is 0 Å². The van der Waals surface area contributed by atoms with Crippen LogP contribution in [-0.4, -0.2) is 81.4 Å². The van der Waals surface area contributed by atoms with E-state index in [-0.39, 0.29) is 12.5 Å². The van der Waals surface area contributed by atoms with Crippen LogP contribution < -0.4 is 5.73 Å². The summed E-state index contributed by atoms with van der Waals surface area (Å²) in [5, 5.41) is 0. The Balaban J connectivity index is 2.25. The Kier molecular flexibility index (Phi) is 8.77. The Morgan fingerprint density at radius 3 is 2.50 bits per heavy atom. The quantitative estimate of drug-likeness (QED) is 0.601. The fourth-order valence-corrected chi connectivity index (χ4v) is 2.51. The van der Waals surface area contributed by atoms with Crippen molar-refractivity contribution >= 4 is 5.91 Å². The van der Waals surface area contributed by atoms with E-state index in [4.69, 9.17) is 15.2 Å². The topological polar surface area (TPSA) is 68.0 Å². The summed E-state index contributed by atoms with van der Waals surface area (Å²) in [6, 6.07) is 0.454. The summed E-state index contributed by atoms with van der Waals surface area (Å²) in [6.45, 7) is 7.38. The highest BCUT2D eigenvalue weighted by molar-refractivity contribution is 5.77. The number of nitrogens with two attached hydrogens (primary N) is 1. The van der Waals surface area contributed by atoms with Crippen molar-refractivity contribution in [2.75, 3.05) is 59.7 Å². The molecule has 1 unspecified atom stereocenters. The highest BCUT2D eigenvalue weighted by Gasteiger charge is 2.24. The lowest BCUT2D eigenvalue weighted by Crippen LogP contribution is -2.54. The van der Waals surface area contributed by atoms with Crippen LogP contribution >= 0.6 is 0 Å². The highest BCUT2D eigenvalue weighted by Crippen LogP contribution is 2.10. The lowest BCUT2D eigenvalue weighted by molar-refractivity contribution is -0.138.